The number of methoxy groups -OCH3 is 1. The van der Waals surface area contributed by atoms with Crippen molar-refractivity contribution < 1.29 is 19.1 Å². The Labute approximate surface area is 205 Å². The van der Waals surface area contributed by atoms with Crippen LogP contribution in [0.5, 0.6) is 0 Å². The molecule has 0 spiro atoms. The number of ketones is 2. The van der Waals surface area contributed by atoms with Crippen molar-refractivity contribution in [3.63, 3.8) is 0 Å². The summed E-state index contributed by atoms with van der Waals surface area (Å²) in [5.41, 5.74) is 1.43. The Kier molecular flexibility index (Phi) is 5.22. The Morgan fingerprint density at radius 3 is 2.32 bits per heavy atom. The molecule has 34 heavy (non-hydrogen) atoms. The summed E-state index contributed by atoms with van der Waals surface area (Å²) in [4.78, 5) is 39.6. The molecule has 0 radical (unpaired) electrons. The molecule has 8 unspecified atom stereocenters. The third-order valence-electron chi connectivity index (χ3n) is 11.5. The second-order valence-electron chi connectivity index (χ2n) is 13.6. The van der Waals surface area contributed by atoms with E-state index in [1.54, 1.807) is 0 Å². The van der Waals surface area contributed by atoms with Crippen LogP contribution in [0.1, 0.15) is 86.5 Å². The number of ether oxygens (including phenoxy) is 1. The normalized spacial score (nSPS) is 47.3. The van der Waals surface area contributed by atoms with Crippen LogP contribution in [-0.2, 0) is 19.1 Å². The molecule has 5 aliphatic rings. The molecule has 0 bridgehead atoms. The fourth-order valence-corrected chi connectivity index (χ4v) is 9.98. The van der Waals surface area contributed by atoms with E-state index in [4.69, 9.17) is 4.74 Å². The van der Waals surface area contributed by atoms with Gasteiger partial charge in [0.05, 0.1) is 13.0 Å². The topological polar surface area (TPSA) is 60.4 Å². The van der Waals surface area contributed by atoms with Crippen molar-refractivity contribution in [3.05, 3.63) is 23.3 Å². The quantitative estimate of drug-likeness (QED) is 0.438. The summed E-state index contributed by atoms with van der Waals surface area (Å²) in [6.45, 7) is 13.1. The Bertz CT molecular complexity index is 1020. The van der Waals surface area contributed by atoms with Gasteiger partial charge in [0.2, 0.25) is 0 Å². The van der Waals surface area contributed by atoms with E-state index in [1.807, 2.05) is 13.0 Å². The number of carbonyl (C=O) groups is 3. The van der Waals surface area contributed by atoms with E-state index in [0.29, 0.717) is 5.92 Å². The molecule has 0 aromatic heterocycles. The zero-order valence-electron chi connectivity index (χ0n) is 22.1. The van der Waals surface area contributed by atoms with Gasteiger partial charge >= 0.3 is 5.97 Å². The highest BCUT2D eigenvalue weighted by Crippen LogP contribution is 2.70. The first-order valence-electron chi connectivity index (χ1n) is 13.4. The molecule has 0 amide bonds. The molecule has 8 atom stereocenters. The maximum absolute atomic E-state index is 14.1. The first-order valence-corrected chi connectivity index (χ1v) is 13.4. The third-order valence-corrected chi connectivity index (χ3v) is 11.5. The number of esters is 1. The molecule has 4 nitrogen and oxygen atoms in total. The third kappa shape index (κ3) is 2.99. The van der Waals surface area contributed by atoms with Gasteiger partial charge in [-0.2, -0.15) is 0 Å². The van der Waals surface area contributed by atoms with Gasteiger partial charge in [0.1, 0.15) is 0 Å². The van der Waals surface area contributed by atoms with E-state index in [0.717, 1.165) is 50.5 Å². The van der Waals surface area contributed by atoms with Crippen molar-refractivity contribution in [3.8, 4) is 0 Å². The van der Waals surface area contributed by atoms with Crippen molar-refractivity contribution in [1.29, 1.82) is 0 Å². The van der Waals surface area contributed by atoms with Gasteiger partial charge in [0.25, 0.3) is 0 Å². The second-order valence-corrected chi connectivity index (χ2v) is 13.6. The van der Waals surface area contributed by atoms with E-state index >= 15 is 0 Å². The summed E-state index contributed by atoms with van der Waals surface area (Å²) in [7, 11) is 1.49. The number of carbonyl (C=O) groups excluding carboxylic acids is 3. The molecule has 3 fully saturated rings. The molecule has 3 saturated carbocycles. The highest BCUT2D eigenvalue weighted by Gasteiger charge is 2.66. The maximum atomic E-state index is 14.1. The maximum Gasteiger partial charge on any atom is 0.308 e. The van der Waals surface area contributed by atoms with Gasteiger partial charge in [-0.05, 0) is 92.1 Å². The molecule has 0 N–H and O–H groups in total. The van der Waals surface area contributed by atoms with Crippen LogP contribution in [0.3, 0.4) is 0 Å². The van der Waals surface area contributed by atoms with Crippen molar-refractivity contribution in [2.24, 2.45) is 51.2 Å². The minimum Gasteiger partial charge on any atom is -0.469 e. The monoisotopic (exact) mass is 466 g/mol. The second kappa shape index (κ2) is 7.40. The lowest BCUT2D eigenvalue weighted by Gasteiger charge is -2.65. The highest BCUT2D eigenvalue weighted by molar-refractivity contribution is 6.01. The summed E-state index contributed by atoms with van der Waals surface area (Å²) in [5.74, 6) is 1.06. The molecular weight excluding hydrogens is 424 g/mol. The number of allylic oxidation sites excluding steroid dienone is 4. The first-order chi connectivity index (χ1) is 15.8. The minimum absolute atomic E-state index is 0.0626. The Morgan fingerprint density at radius 2 is 1.65 bits per heavy atom. The highest BCUT2D eigenvalue weighted by atomic mass is 16.5. The molecule has 5 rings (SSSR count). The average Bonchev–Trinajstić information content (AvgIpc) is 2.75. The lowest BCUT2D eigenvalue weighted by Crippen LogP contribution is -2.62. The molecule has 0 aliphatic heterocycles. The molecule has 0 aromatic rings. The van der Waals surface area contributed by atoms with Crippen LogP contribution in [0.2, 0.25) is 0 Å². The van der Waals surface area contributed by atoms with Gasteiger partial charge in [-0.25, -0.2) is 0 Å². The predicted molar refractivity (Wildman–Crippen MR) is 132 cm³/mol. The van der Waals surface area contributed by atoms with Gasteiger partial charge in [-0.3, -0.25) is 14.4 Å². The molecule has 186 valence electrons. The zero-order valence-corrected chi connectivity index (χ0v) is 22.1. The van der Waals surface area contributed by atoms with Crippen LogP contribution in [-0.4, -0.2) is 24.6 Å². The van der Waals surface area contributed by atoms with E-state index < -0.39 is 5.41 Å². The number of Topliss-reactive ketones (excluding diaryl/α,β-unsaturated/α-hetero) is 1. The van der Waals surface area contributed by atoms with Crippen LogP contribution in [0, 0.1) is 51.2 Å². The summed E-state index contributed by atoms with van der Waals surface area (Å²) in [5, 5.41) is 0. The number of rotatable bonds is 1. The Balaban J connectivity index is 1.59. The fraction of sp³-hybridized carbons (Fsp3) is 0.767. The molecule has 0 saturated heterocycles. The van der Waals surface area contributed by atoms with Crippen LogP contribution in [0.25, 0.3) is 0 Å². The molecule has 4 heteroatoms. The molecular formula is C30H42O4. The van der Waals surface area contributed by atoms with Crippen molar-refractivity contribution >= 4 is 17.5 Å². The standard InChI is InChI=1S/C30H42O4/c1-17-16-30(6)23(27(2,3)25(17)32)10-13-29(5)20-9-12-28(4)11-8-18(26(33)34-7)14-21(28)19(20)15-22(31)24(29)30/h15-16,18,20-21,23-24H,8-14H2,1-7H3. The number of hydrogen-bond donors (Lipinski definition) is 0. The summed E-state index contributed by atoms with van der Waals surface area (Å²) < 4.78 is 5.12. The van der Waals surface area contributed by atoms with E-state index in [2.05, 4.69) is 40.7 Å². The smallest absolute Gasteiger partial charge is 0.308 e. The molecule has 5 aliphatic carbocycles. The van der Waals surface area contributed by atoms with Gasteiger partial charge in [0.15, 0.2) is 11.6 Å². The van der Waals surface area contributed by atoms with Gasteiger partial charge in [-0.15, -0.1) is 0 Å². The van der Waals surface area contributed by atoms with Crippen molar-refractivity contribution in [1.82, 2.24) is 0 Å². The number of fused-ring (bicyclic) bond motifs is 7. The Morgan fingerprint density at radius 1 is 0.971 bits per heavy atom. The summed E-state index contributed by atoms with van der Waals surface area (Å²) in [6.07, 6.45) is 11.1. The SMILES string of the molecule is COC(=O)C1CCC2(C)CCC3C(=CC(=O)C4C5(C)C=C(C)C(=O)C(C)(C)C5CCC34C)C2C1. The van der Waals surface area contributed by atoms with Crippen molar-refractivity contribution in [2.45, 2.75) is 86.5 Å². The Hall–Kier alpha value is -1.71. The first kappa shape index (κ1) is 24.0. The lowest BCUT2D eigenvalue weighted by atomic mass is 9.38. The molecule has 0 heterocycles. The van der Waals surface area contributed by atoms with E-state index in [-0.39, 0.29) is 57.5 Å². The van der Waals surface area contributed by atoms with Crippen LogP contribution in [0.15, 0.2) is 23.3 Å². The van der Waals surface area contributed by atoms with Crippen LogP contribution < -0.4 is 0 Å². The summed E-state index contributed by atoms with van der Waals surface area (Å²) >= 11 is 0. The zero-order chi connectivity index (χ0) is 24.8. The largest absolute Gasteiger partial charge is 0.469 e. The van der Waals surface area contributed by atoms with E-state index in [9.17, 15) is 14.4 Å². The summed E-state index contributed by atoms with van der Waals surface area (Å²) in [6, 6.07) is 0. The minimum atomic E-state index is -0.443. The van der Waals surface area contributed by atoms with Gasteiger partial charge < -0.3 is 4.74 Å². The van der Waals surface area contributed by atoms with Crippen LogP contribution in [0.4, 0.5) is 0 Å². The average molecular weight is 467 g/mol. The van der Waals surface area contributed by atoms with Gasteiger partial charge in [0, 0.05) is 16.7 Å². The fourth-order valence-electron chi connectivity index (χ4n) is 9.98. The van der Waals surface area contributed by atoms with Crippen LogP contribution >= 0.6 is 0 Å². The number of hydrogen-bond acceptors (Lipinski definition) is 4. The predicted octanol–water partition coefficient (Wildman–Crippen LogP) is 6.10. The van der Waals surface area contributed by atoms with E-state index in [1.165, 1.54) is 12.7 Å². The lowest BCUT2D eigenvalue weighted by molar-refractivity contribution is -0.158. The molecule has 0 aromatic carbocycles. The van der Waals surface area contributed by atoms with Gasteiger partial charge in [-0.1, -0.05) is 46.3 Å². The van der Waals surface area contributed by atoms with Crippen molar-refractivity contribution in [2.75, 3.05) is 7.11 Å².